The van der Waals surface area contributed by atoms with Gasteiger partial charge in [0.15, 0.2) is 0 Å². The van der Waals surface area contributed by atoms with Gasteiger partial charge in [-0.25, -0.2) is 0 Å². The van der Waals surface area contributed by atoms with Crippen LogP contribution in [0.5, 0.6) is 0 Å². The van der Waals surface area contributed by atoms with Crippen LogP contribution in [0.15, 0.2) is 12.2 Å². The molecule has 13 heavy (non-hydrogen) atoms. The number of hydrogen-bond acceptors (Lipinski definition) is 3. The number of nitrogens with two attached hydrogens (primary N) is 1. The van der Waals surface area contributed by atoms with E-state index in [1.54, 1.807) is 0 Å². The third-order valence-corrected chi connectivity index (χ3v) is 2.70. The van der Waals surface area contributed by atoms with Crippen LogP contribution in [-0.4, -0.2) is 43.7 Å². The number of nitrogens with zero attached hydrogens (tertiary/aromatic N) is 1. The molecule has 0 aromatic carbocycles. The van der Waals surface area contributed by atoms with Gasteiger partial charge in [0, 0.05) is 30.6 Å². The van der Waals surface area contributed by atoms with Gasteiger partial charge in [0.2, 0.25) is 5.91 Å². The maximum atomic E-state index is 10.7. The minimum Gasteiger partial charge on any atom is -0.380 e. The van der Waals surface area contributed by atoms with Gasteiger partial charge in [0.1, 0.15) is 0 Å². The normalized spacial score (nSPS) is 24.9. The molecule has 2 N–H and O–H groups in total. The van der Waals surface area contributed by atoms with Crippen LogP contribution in [-0.2, 0) is 9.53 Å². The fourth-order valence-corrected chi connectivity index (χ4v) is 1.94. The summed E-state index contributed by atoms with van der Waals surface area (Å²) in [4.78, 5) is 12.9. The van der Waals surface area contributed by atoms with Crippen LogP contribution in [0.3, 0.4) is 0 Å². The van der Waals surface area contributed by atoms with E-state index >= 15 is 0 Å². The van der Waals surface area contributed by atoms with Crippen LogP contribution in [0, 0.1) is 5.41 Å². The highest BCUT2D eigenvalue weighted by Gasteiger charge is 2.48. The molecule has 0 bridgehead atoms. The van der Waals surface area contributed by atoms with Crippen LogP contribution in [0.4, 0.5) is 0 Å². The molecule has 0 aromatic heterocycles. The zero-order valence-electron chi connectivity index (χ0n) is 7.58. The number of carbonyl (C=O) groups excluding carboxylic acids is 1. The van der Waals surface area contributed by atoms with Gasteiger partial charge < -0.3 is 10.5 Å². The zero-order chi connectivity index (χ0) is 9.47. The molecular formula is C9H14N2O2. The van der Waals surface area contributed by atoms with E-state index in [0.29, 0.717) is 17.5 Å². The summed E-state index contributed by atoms with van der Waals surface area (Å²) in [6.07, 6.45) is 0. The third-order valence-electron chi connectivity index (χ3n) is 2.70. The van der Waals surface area contributed by atoms with E-state index in [1.165, 1.54) is 0 Å². The van der Waals surface area contributed by atoms with Gasteiger partial charge in [-0.15, -0.1) is 0 Å². The van der Waals surface area contributed by atoms with Crippen molar-refractivity contribution in [1.82, 2.24) is 4.90 Å². The molecule has 0 aliphatic carbocycles. The highest BCUT2D eigenvalue weighted by molar-refractivity contribution is 5.91. The first-order valence-corrected chi connectivity index (χ1v) is 4.39. The summed E-state index contributed by atoms with van der Waals surface area (Å²) in [7, 11) is 0. The van der Waals surface area contributed by atoms with Crippen molar-refractivity contribution in [2.24, 2.45) is 11.1 Å². The molecule has 1 spiro atoms. The first-order valence-electron chi connectivity index (χ1n) is 4.39. The lowest BCUT2D eigenvalue weighted by Crippen LogP contribution is -2.66. The molecule has 2 rings (SSSR count). The van der Waals surface area contributed by atoms with Crippen LogP contribution < -0.4 is 5.73 Å². The Morgan fingerprint density at radius 1 is 1.54 bits per heavy atom. The van der Waals surface area contributed by atoms with Crippen LogP contribution in [0.2, 0.25) is 0 Å². The van der Waals surface area contributed by atoms with E-state index in [0.717, 1.165) is 26.3 Å². The molecule has 0 aromatic rings. The van der Waals surface area contributed by atoms with Gasteiger partial charge in [-0.3, -0.25) is 9.69 Å². The summed E-state index contributed by atoms with van der Waals surface area (Å²) >= 11 is 0. The molecular weight excluding hydrogens is 168 g/mol. The van der Waals surface area contributed by atoms with E-state index in [2.05, 4.69) is 11.5 Å². The van der Waals surface area contributed by atoms with Crippen LogP contribution in [0.25, 0.3) is 0 Å². The quantitative estimate of drug-likeness (QED) is 0.591. The zero-order valence-corrected chi connectivity index (χ0v) is 7.58. The molecule has 0 unspecified atom stereocenters. The van der Waals surface area contributed by atoms with Crippen molar-refractivity contribution in [3.05, 3.63) is 12.2 Å². The Hall–Kier alpha value is -0.870. The van der Waals surface area contributed by atoms with E-state index in [-0.39, 0.29) is 0 Å². The number of primary amides is 1. The van der Waals surface area contributed by atoms with Crippen LogP contribution >= 0.6 is 0 Å². The molecule has 0 radical (unpaired) electrons. The fourth-order valence-electron chi connectivity index (χ4n) is 1.94. The highest BCUT2D eigenvalue weighted by Crippen LogP contribution is 2.37. The molecule has 2 heterocycles. The van der Waals surface area contributed by atoms with Crippen molar-refractivity contribution in [1.29, 1.82) is 0 Å². The van der Waals surface area contributed by atoms with Crippen molar-refractivity contribution in [2.45, 2.75) is 0 Å². The summed E-state index contributed by atoms with van der Waals surface area (Å²) in [5.74, 6) is -0.397. The molecule has 2 aliphatic rings. The standard InChI is InChI=1S/C9H14N2O2/c1-7(8(10)12)2-11-3-9(4-11)5-13-6-9/h1-6H2,(H2,10,12). The molecule has 72 valence electrons. The summed E-state index contributed by atoms with van der Waals surface area (Å²) in [6.45, 7) is 7.99. The molecule has 2 saturated heterocycles. The molecule has 2 aliphatic heterocycles. The Labute approximate surface area is 77.3 Å². The van der Waals surface area contributed by atoms with Crippen LogP contribution in [0.1, 0.15) is 0 Å². The second-order valence-electron chi connectivity index (χ2n) is 4.11. The predicted molar refractivity (Wildman–Crippen MR) is 48.0 cm³/mol. The average molecular weight is 182 g/mol. The Bertz CT molecular complexity index is 250. The van der Waals surface area contributed by atoms with Gasteiger partial charge in [-0.2, -0.15) is 0 Å². The maximum absolute atomic E-state index is 10.7. The van der Waals surface area contributed by atoms with E-state index in [4.69, 9.17) is 10.5 Å². The minimum atomic E-state index is -0.397. The van der Waals surface area contributed by atoms with Crippen molar-refractivity contribution in [3.8, 4) is 0 Å². The molecule has 1 amide bonds. The summed E-state index contributed by atoms with van der Waals surface area (Å²) in [5, 5.41) is 0. The summed E-state index contributed by atoms with van der Waals surface area (Å²) in [6, 6.07) is 0. The van der Waals surface area contributed by atoms with Crippen molar-refractivity contribution < 1.29 is 9.53 Å². The average Bonchev–Trinajstić information content (AvgIpc) is 1.90. The second-order valence-corrected chi connectivity index (χ2v) is 4.11. The Morgan fingerprint density at radius 3 is 2.54 bits per heavy atom. The lowest BCUT2D eigenvalue weighted by Gasteiger charge is -2.55. The van der Waals surface area contributed by atoms with Gasteiger partial charge >= 0.3 is 0 Å². The number of likely N-dealkylation sites (tertiary alicyclic amines) is 1. The number of ether oxygens (including phenoxy) is 1. The number of carbonyl (C=O) groups is 1. The first kappa shape index (κ1) is 8.72. The molecule has 2 fully saturated rings. The highest BCUT2D eigenvalue weighted by atomic mass is 16.5. The lowest BCUT2D eigenvalue weighted by molar-refractivity contribution is -0.186. The third kappa shape index (κ3) is 1.47. The van der Waals surface area contributed by atoms with Gasteiger partial charge in [0.05, 0.1) is 13.2 Å². The Kier molecular flexibility index (Phi) is 1.89. The number of hydrogen-bond donors (Lipinski definition) is 1. The largest absolute Gasteiger partial charge is 0.380 e. The smallest absolute Gasteiger partial charge is 0.245 e. The Balaban J connectivity index is 1.75. The molecule has 4 heteroatoms. The van der Waals surface area contributed by atoms with Gasteiger partial charge in [-0.1, -0.05) is 6.58 Å². The fraction of sp³-hybridized carbons (Fsp3) is 0.667. The number of amides is 1. The lowest BCUT2D eigenvalue weighted by atomic mass is 9.78. The van der Waals surface area contributed by atoms with Crippen molar-refractivity contribution in [3.63, 3.8) is 0 Å². The molecule has 4 nitrogen and oxygen atoms in total. The summed E-state index contributed by atoms with van der Waals surface area (Å²) < 4.78 is 5.14. The van der Waals surface area contributed by atoms with E-state index in [1.807, 2.05) is 0 Å². The van der Waals surface area contributed by atoms with Crippen molar-refractivity contribution >= 4 is 5.91 Å². The first-order chi connectivity index (χ1) is 6.11. The van der Waals surface area contributed by atoms with Gasteiger partial charge in [0.25, 0.3) is 0 Å². The summed E-state index contributed by atoms with van der Waals surface area (Å²) in [5.41, 5.74) is 5.98. The SMILES string of the molecule is C=C(CN1CC2(COC2)C1)C(N)=O. The van der Waals surface area contributed by atoms with Gasteiger partial charge in [-0.05, 0) is 0 Å². The maximum Gasteiger partial charge on any atom is 0.245 e. The predicted octanol–water partition coefficient (Wildman–Crippen LogP) is -0.640. The van der Waals surface area contributed by atoms with E-state index < -0.39 is 5.91 Å². The minimum absolute atomic E-state index is 0.397. The molecule has 0 saturated carbocycles. The monoisotopic (exact) mass is 182 g/mol. The second kappa shape index (κ2) is 2.82. The number of rotatable bonds is 3. The molecule has 0 atom stereocenters. The van der Waals surface area contributed by atoms with E-state index in [9.17, 15) is 4.79 Å². The van der Waals surface area contributed by atoms with Crippen molar-refractivity contribution in [2.75, 3.05) is 32.8 Å². The Morgan fingerprint density at radius 2 is 2.15 bits per heavy atom. The topological polar surface area (TPSA) is 55.6 Å².